The van der Waals surface area contributed by atoms with Gasteiger partial charge in [-0.1, -0.05) is 0 Å². The predicted octanol–water partition coefficient (Wildman–Crippen LogP) is 1.47. The summed E-state index contributed by atoms with van der Waals surface area (Å²) in [5.41, 5.74) is 7.22. The zero-order valence-electron chi connectivity index (χ0n) is 9.06. The highest BCUT2D eigenvalue weighted by Crippen LogP contribution is 2.25. The summed E-state index contributed by atoms with van der Waals surface area (Å²) < 4.78 is 5.44. The Morgan fingerprint density at radius 1 is 1.73 bits per heavy atom. The van der Waals surface area contributed by atoms with Crippen molar-refractivity contribution in [3.8, 4) is 0 Å². The maximum Gasteiger partial charge on any atom is 0.0620 e. The van der Waals surface area contributed by atoms with E-state index in [1.54, 1.807) is 11.3 Å². The minimum absolute atomic E-state index is 0.357. The maximum atomic E-state index is 5.88. The minimum Gasteiger partial charge on any atom is -0.379 e. The summed E-state index contributed by atoms with van der Waals surface area (Å²) in [6, 6.07) is 2.99. The number of rotatable bonds is 3. The molecule has 1 aromatic heterocycles. The Balaban J connectivity index is 2.11. The number of morpholine rings is 1. The first-order chi connectivity index (χ1) is 7.33. The molecule has 1 aliphatic heterocycles. The molecule has 0 amide bonds. The van der Waals surface area contributed by atoms with Crippen LogP contribution in [0.1, 0.15) is 18.5 Å². The van der Waals surface area contributed by atoms with Gasteiger partial charge in [-0.25, -0.2) is 0 Å². The van der Waals surface area contributed by atoms with Crippen LogP contribution >= 0.6 is 11.3 Å². The van der Waals surface area contributed by atoms with Gasteiger partial charge in [0.15, 0.2) is 0 Å². The van der Waals surface area contributed by atoms with Crippen LogP contribution in [0.25, 0.3) is 0 Å². The number of nitrogens with zero attached hydrogens (tertiary/aromatic N) is 1. The van der Waals surface area contributed by atoms with Crippen LogP contribution in [-0.4, -0.2) is 37.2 Å². The number of hydrogen-bond acceptors (Lipinski definition) is 4. The van der Waals surface area contributed by atoms with E-state index in [-0.39, 0.29) is 0 Å². The van der Waals surface area contributed by atoms with E-state index in [4.69, 9.17) is 10.5 Å². The predicted molar refractivity (Wildman–Crippen MR) is 63.1 cm³/mol. The highest BCUT2D eigenvalue weighted by Gasteiger charge is 2.26. The van der Waals surface area contributed by atoms with Crippen molar-refractivity contribution in [1.29, 1.82) is 0 Å². The first kappa shape index (κ1) is 11.1. The maximum absolute atomic E-state index is 5.88. The summed E-state index contributed by atoms with van der Waals surface area (Å²) in [4.78, 5) is 2.45. The Morgan fingerprint density at radius 2 is 2.60 bits per heavy atom. The van der Waals surface area contributed by atoms with E-state index < -0.39 is 0 Å². The first-order valence-electron chi connectivity index (χ1n) is 5.38. The highest BCUT2D eigenvalue weighted by atomic mass is 32.1. The van der Waals surface area contributed by atoms with Crippen LogP contribution in [0.5, 0.6) is 0 Å². The number of hydrogen-bond donors (Lipinski definition) is 1. The van der Waals surface area contributed by atoms with E-state index in [0.29, 0.717) is 18.6 Å². The van der Waals surface area contributed by atoms with Crippen LogP contribution in [0.3, 0.4) is 0 Å². The lowest BCUT2D eigenvalue weighted by Gasteiger charge is -2.38. The molecule has 0 radical (unpaired) electrons. The van der Waals surface area contributed by atoms with Gasteiger partial charge in [-0.15, -0.1) is 0 Å². The zero-order chi connectivity index (χ0) is 10.7. The lowest BCUT2D eigenvalue weighted by atomic mass is 10.1. The molecule has 0 aromatic carbocycles. The van der Waals surface area contributed by atoms with Crippen LogP contribution in [0, 0.1) is 0 Å². The van der Waals surface area contributed by atoms with Crippen LogP contribution in [0.4, 0.5) is 0 Å². The molecule has 1 aromatic rings. The molecule has 1 aliphatic rings. The summed E-state index contributed by atoms with van der Waals surface area (Å²) in [5, 5.41) is 4.31. The third-order valence-electron chi connectivity index (χ3n) is 2.97. The van der Waals surface area contributed by atoms with Crippen molar-refractivity contribution in [1.82, 2.24) is 4.90 Å². The van der Waals surface area contributed by atoms with Gasteiger partial charge >= 0.3 is 0 Å². The molecule has 2 atom stereocenters. The third kappa shape index (κ3) is 2.39. The Bertz CT molecular complexity index is 289. The Labute approximate surface area is 94.8 Å². The van der Waals surface area contributed by atoms with Gasteiger partial charge < -0.3 is 10.5 Å². The topological polar surface area (TPSA) is 38.5 Å². The lowest BCUT2D eigenvalue weighted by Crippen LogP contribution is -2.47. The highest BCUT2D eigenvalue weighted by molar-refractivity contribution is 7.07. The molecule has 1 saturated heterocycles. The van der Waals surface area contributed by atoms with Crippen molar-refractivity contribution in [3.05, 3.63) is 22.4 Å². The molecule has 2 rings (SSSR count). The lowest BCUT2D eigenvalue weighted by molar-refractivity contribution is -0.0208. The molecule has 4 heteroatoms. The molecule has 0 saturated carbocycles. The Morgan fingerprint density at radius 3 is 3.20 bits per heavy atom. The molecular formula is C11H18N2OS. The summed E-state index contributed by atoms with van der Waals surface area (Å²) in [7, 11) is 0. The van der Waals surface area contributed by atoms with Crippen LogP contribution in [-0.2, 0) is 4.74 Å². The van der Waals surface area contributed by atoms with Crippen molar-refractivity contribution in [2.75, 3.05) is 26.3 Å². The monoisotopic (exact) mass is 226 g/mol. The van der Waals surface area contributed by atoms with Crippen LogP contribution in [0.2, 0.25) is 0 Å². The SMILES string of the molecule is CC1COCCN1C(CN)c1ccsc1. The second kappa shape index (κ2) is 5.07. The second-order valence-corrected chi connectivity index (χ2v) is 4.75. The Hall–Kier alpha value is -0.420. The number of nitrogens with two attached hydrogens (primary N) is 1. The molecule has 2 unspecified atom stereocenters. The van der Waals surface area contributed by atoms with E-state index in [1.807, 2.05) is 0 Å². The van der Waals surface area contributed by atoms with Crippen LogP contribution < -0.4 is 5.73 Å². The van der Waals surface area contributed by atoms with Crippen molar-refractivity contribution < 1.29 is 4.74 Å². The van der Waals surface area contributed by atoms with Gasteiger partial charge in [0.05, 0.1) is 13.2 Å². The number of ether oxygens (including phenoxy) is 1. The number of thiophene rings is 1. The van der Waals surface area contributed by atoms with E-state index in [2.05, 4.69) is 28.7 Å². The van der Waals surface area contributed by atoms with Gasteiger partial charge in [-0.05, 0) is 29.3 Å². The third-order valence-corrected chi connectivity index (χ3v) is 3.67. The molecule has 84 valence electrons. The fraction of sp³-hybridized carbons (Fsp3) is 0.636. The fourth-order valence-electron chi connectivity index (χ4n) is 2.13. The normalized spacial score (nSPS) is 25.3. The van der Waals surface area contributed by atoms with E-state index >= 15 is 0 Å². The van der Waals surface area contributed by atoms with Gasteiger partial charge in [0.1, 0.15) is 0 Å². The molecule has 0 spiro atoms. The molecule has 0 aliphatic carbocycles. The molecular weight excluding hydrogens is 208 g/mol. The first-order valence-corrected chi connectivity index (χ1v) is 6.33. The smallest absolute Gasteiger partial charge is 0.0620 e. The average molecular weight is 226 g/mol. The summed E-state index contributed by atoms with van der Waals surface area (Å²) in [5.74, 6) is 0. The molecule has 15 heavy (non-hydrogen) atoms. The van der Waals surface area contributed by atoms with Gasteiger partial charge in [0.2, 0.25) is 0 Å². The molecule has 3 nitrogen and oxygen atoms in total. The molecule has 2 N–H and O–H groups in total. The second-order valence-electron chi connectivity index (χ2n) is 3.97. The molecule has 2 heterocycles. The summed E-state index contributed by atoms with van der Waals surface area (Å²) in [6.45, 7) is 5.51. The van der Waals surface area contributed by atoms with Crippen molar-refractivity contribution in [3.63, 3.8) is 0 Å². The molecule has 0 bridgehead atoms. The van der Waals surface area contributed by atoms with Crippen LogP contribution in [0.15, 0.2) is 16.8 Å². The van der Waals surface area contributed by atoms with Crippen molar-refractivity contribution in [2.45, 2.75) is 19.0 Å². The Kier molecular flexibility index (Phi) is 3.75. The zero-order valence-corrected chi connectivity index (χ0v) is 9.87. The summed E-state index contributed by atoms with van der Waals surface area (Å²) in [6.07, 6.45) is 0. The minimum atomic E-state index is 0.357. The molecule has 1 fully saturated rings. The fourth-order valence-corrected chi connectivity index (χ4v) is 2.84. The van der Waals surface area contributed by atoms with E-state index in [0.717, 1.165) is 19.8 Å². The van der Waals surface area contributed by atoms with Gasteiger partial charge in [-0.3, -0.25) is 4.90 Å². The standard InChI is InChI=1S/C11H18N2OS/c1-9-7-14-4-3-13(9)11(6-12)10-2-5-15-8-10/h2,5,8-9,11H,3-4,6-7,12H2,1H3. The van der Waals surface area contributed by atoms with Crippen molar-refractivity contribution >= 4 is 11.3 Å². The van der Waals surface area contributed by atoms with Gasteiger partial charge in [0.25, 0.3) is 0 Å². The van der Waals surface area contributed by atoms with E-state index in [1.165, 1.54) is 5.56 Å². The van der Waals surface area contributed by atoms with Gasteiger partial charge in [0, 0.05) is 25.2 Å². The largest absolute Gasteiger partial charge is 0.379 e. The van der Waals surface area contributed by atoms with Crippen molar-refractivity contribution in [2.24, 2.45) is 5.73 Å². The summed E-state index contributed by atoms with van der Waals surface area (Å²) >= 11 is 1.74. The quantitative estimate of drug-likeness (QED) is 0.848. The van der Waals surface area contributed by atoms with Gasteiger partial charge in [-0.2, -0.15) is 11.3 Å². The average Bonchev–Trinajstić information content (AvgIpc) is 2.75. The van der Waals surface area contributed by atoms with E-state index in [9.17, 15) is 0 Å².